The highest BCUT2D eigenvalue weighted by atomic mass is 79.9. The van der Waals surface area contributed by atoms with Crippen LogP contribution in [0.3, 0.4) is 0 Å². The maximum absolute atomic E-state index is 12.5. The van der Waals surface area contributed by atoms with Gasteiger partial charge >= 0.3 is 0 Å². The Morgan fingerprint density at radius 1 is 1.22 bits per heavy atom. The molecular formula is C18H20BrNO3. The number of hydrogen-bond acceptors (Lipinski definition) is 3. The number of nitrogens with one attached hydrogen (secondary N) is 1. The van der Waals surface area contributed by atoms with E-state index < -0.39 is 0 Å². The quantitative estimate of drug-likeness (QED) is 0.795. The molecule has 0 bridgehead atoms. The lowest BCUT2D eigenvalue weighted by Gasteiger charge is -2.13. The Bertz CT molecular complexity index is 701. The zero-order valence-electron chi connectivity index (χ0n) is 13.5. The van der Waals surface area contributed by atoms with Crippen LogP contribution in [0.2, 0.25) is 0 Å². The van der Waals surface area contributed by atoms with Crippen molar-refractivity contribution in [2.45, 2.75) is 20.3 Å². The van der Waals surface area contributed by atoms with Crippen LogP contribution in [0, 0.1) is 0 Å². The summed E-state index contributed by atoms with van der Waals surface area (Å²) in [7, 11) is 1.55. The van der Waals surface area contributed by atoms with Gasteiger partial charge in [0.05, 0.1) is 18.2 Å². The molecule has 0 saturated carbocycles. The minimum absolute atomic E-state index is 0.194. The number of amides is 1. The van der Waals surface area contributed by atoms with Gasteiger partial charge in [-0.15, -0.1) is 0 Å². The summed E-state index contributed by atoms with van der Waals surface area (Å²) in [5.41, 5.74) is 2.45. The van der Waals surface area contributed by atoms with Crippen LogP contribution >= 0.6 is 15.9 Å². The molecule has 23 heavy (non-hydrogen) atoms. The molecule has 0 heterocycles. The van der Waals surface area contributed by atoms with Gasteiger partial charge in [0.25, 0.3) is 5.91 Å². The van der Waals surface area contributed by atoms with Gasteiger partial charge in [-0.3, -0.25) is 4.79 Å². The zero-order chi connectivity index (χ0) is 16.8. The van der Waals surface area contributed by atoms with E-state index in [0.717, 1.165) is 12.1 Å². The number of benzene rings is 2. The van der Waals surface area contributed by atoms with Crippen molar-refractivity contribution in [2.75, 3.05) is 19.0 Å². The third-order valence-electron chi connectivity index (χ3n) is 3.37. The molecule has 4 nitrogen and oxygen atoms in total. The summed E-state index contributed by atoms with van der Waals surface area (Å²) in [6.07, 6.45) is 0.923. The predicted molar refractivity (Wildman–Crippen MR) is 95.6 cm³/mol. The number of aryl methyl sites for hydroxylation is 1. The van der Waals surface area contributed by atoms with Crippen molar-refractivity contribution in [3.63, 3.8) is 0 Å². The van der Waals surface area contributed by atoms with Crippen molar-refractivity contribution in [3.8, 4) is 11.5 Å². The minimum atomic E-state index is -0.194. The maximum atomic E-state index is 12.5. The van der Waals surface area contributed by atoms with Gasteiger partial charge in [0, 0.05) is 11.3 Å². The first kappa shape index (κ1) is 17.3. The van der Waals surface area contributed by atoms with Crippen LogP contribution in [0.15, 0.2) is 40.9 Å². The van der Waals surface area contributed by atoms with E-state index in [2.05, 4.69) is 28.2 Å². The average Bonchev–Trinajstić information content (AvgIpc) is 2.56. The number of ether oxygens (including phenoxy) is 2. The van der Waals surface area contributed by atoms with Crippen molar-refractivity contribution in [1.82, 2.24) is 0 Å². The summed E-state index contributed by atoms with van der Waals surface area (Å²) in [6.45, 7) is 4.49. The average molecular weight is 378 g/mol. The molecule has 122 valence electrons. The summed E-state index contributed by atoms with van der Waals surface area (Å²) < 4.78 is 11.5. The third kappa shape index (κ3) is 4.26. The van der Waals surface area contributed by atoms with Gasteiger partial charge in [0.15, 0.2) is 11.5 Å². The Balaban J connectivity index is 2.26. The second-order valence-corrected chi connectivity index (χ2v) is 5.78. The van der Waals surface area contributed by atoms with Crippen LogP contribution in [0.1, 0.15) is 29.8 Å². The number of carbonyl (C=O) groups excluding carboxylic acids is 1. The van der Waals surface area contributed by atoms with E-state index in [1.54, 1.807) is 19.2 Å². The van der Waals surface area contributed by atoms with Crippen LogP contribution in [-0.2, 0) is 6.42 Å². The van der Waals surface area contributed by atoms with E-state index in [4.69, 9.17) is 9.47 Å². The van der Waals surface area contributed by atoms with Crippen molar-refractivity contribution in [1.29, 1.82) is 0 Å². The maximum Gasteiger partial charge on any atom is 0.255 e. The predicted octanol–water partition coefficient (Wildman–Crippen LogP) is 4.67. The van der Waals surface area contributed by atoms with Crippen LogP contribution in [0.5, 0.6) is 11.5 Å². The van der Waals surface area contributed by atoms with Crippen molar-refractivity contribution < 1.29 is 14.3 Å². The molecule has 0 fully saturated rings. The van der Waals surface area contributed by atoms with Crippen molar-refractivity contribution in [2.24, 2.45) is 0 Å². The number of rotatable bonds is 6. The molecule has 1 amide bonds. The van der Waals surface area contributed by atoms with E-state index in [1.807, 2.05) is 31.2 Å². The van der Waals surface area contributed by atoms with Gasteiger partial charge in [-0.2, -0.15) is 0 Å². The van der Waals surface area contributed by atoms with Gasteiger partial charge in [0.2, 0.25) is 0 Å². The SMILES string of the molecule is CCOc1c(Br)cc(C(=O)Nc2cccc(CC)c2)cc1OC. The molecule has 1 N–H and O–H groups in total. The van der Waals surface area contributed by atoms with Gasteiger partial charge in [-0.1, -0.05) is 19.1 Å². The summed E-state index contributed by atoms with van der Waals surface area (Å²) in [5, 5.41) is 2.91. The fourth-order valence-electron chi connectivity index (χ4n) is 2.21. The highest BCUT2D eigenvalue weighted by Gasteiger charge is 2.15. The first-order chi connectivity index (χ1) is 11.1. The first-order valence-electron chi connectivity index (χ1n) is 7.49. The standard InChI is InChI=1S/C18H20BrNO3/c1-4-12-7-6-8-14(9-12)20-18(21)13-10-15(19)17(23-5-2)16(11-13)22-3/h6-11H,4-5H2,1-3H3,(H,20,21). The number of hydrogen-bond donors (Lipinski definition) is 1. The van der Waals surface area contributed by atoms with Gasteiger partial charge in [0.1, 0.15) is 0 Å². The van der Waals surface area contributed by atoms with Gasteiger partial charge < -0.3 is 14.8 Å². The summed E-state index contributed by atoms with van der Waals surface area (Å²) in [4.78, 5) is 12.5. The monoisotopic (exact) mass is 377 g/mol. The highest BCUT2D eigenvalue weighted by molar-refractivity contribution is 9.10. The number of halogens is 1. The smallest absolute Gasteiger partial charge is 0.255 e. The molecule has 2 aromatic rings. The van der Waals surface area contributed by atoms with E-state index in [1.165, 1.54) is 5.56 Å². The van der Waals surface area contributed by atoms with Crippen LogP contribution < -0.4 is 14.8 Å². The second-order valence-electron chi connectivity index (χ2n) is 4.93. The molecule has 0 spiro atoms. The molecule has 0 radical (unpaired) electrons. The number of anilines is 1. The molecule has 5 heteroatoms. The lowest BCUT2D eigenvalue weighted by molar-refractivity contribution is 0.102. The molecule has 0 aliphatic carbocycles. The Labute approximate surface area is 144 Å². The summed E-state index contributed by atoms with van der Waals surface area (Å²) in [6, 6.07) is 11.2. The van der Waals surface area contributed by atoms with Crippen LogP contribution in [0.25, 0.3) is 0 Å². The zero-order valence-corrected chi connectivity index (χ0v) is 15.1. The third-order valence-corrected chi connectivity index (χ3v) is 3.96. The van der Waals surface area contributed by atoms with Gasteiger partial charge in [-0.25, -0.2) is 0 Å². The second kappa shape index (κ2) is 8.02. The Morgan fingerprint density at radius 2 is 2.00 bits per heavy atom. The minimum Gasteiger partial charge on any atom is -0.493 e. The van der Waals surface area contributed by atoms with E-state index in [0.29, 0.717) is 28.1 Å². The van der Waals surface area contributed by atoms with Crippen LogP contribution in [0.4, 0.5) is 5.69 Å². The molecule has 0 unspecified atom stereocenters. The van der Waals surface area contributed by atoms with Crippen LogP contribution in [-0.4, -0.2) is 19.6 Å². The topological polar surface area (TPSA) is 47.6 Å². The molecule has 0 atom stereocenters. The Kier molecular flexibility index (Phi) is 6.04. The lowest BCUT2D eigenvalue weighted by Crippen LogP contribution is -2.12. The summed E-state index contributed by atoms with van der Waals surface area (Å²) in [5.74, 6) is 0.925. The molecule has 0 aliphatic heterocycles. The van der Waals surface area contributed by atoms with E-state index in [-0.39, 0.29) is 5.91 Å². The number of carbonyl (C=O) groups is 1. The lowest BCUT2D eigenvalue weighted by atomic mass is 10.1. The fourth-order valence-corrected chi connectivity index (χ4v) is 2.76. The molecular weight excluding hydrogens is 358 g/mol. The largest absolute Gasteiger partial charge is 0.493 e. The van der Waals surface area contributed by atoms with Crippen molar-refractivity contribution >= 4 is 27.5 Å². The fraction of sp³-hybridized carbons (Fsp3) is 0.278. The van der Waals surface area contributed by atoms with Gasteiger partial charge in [-0.05, 0) is 59.1 Å². The van der Waals surface area contributed by atoms with E-state index in [9.17, 15) is 4.79 Å². The molecule has 0 saturated heterocycles. The first-order valence-corrected chi connectivity index (χ1v) is 8.29. The summed E-state index contributed by atoms with van der Waals surface area (Å²) >= 11 is 3.43. The number of methoxy groups -OCH3 is 1. The molecule has 2 rings (SSSR count). The highest BCUT2D eigenvalue weighted by Crippen LogP contribution is 2.36. The Hall–Kier alpha value is -2.01. The normalized spacial score (nSPS) is 10.3. The van der Waals surface area contributed by atoms with Crippen molar-refractivity contribution in [3.05, 3.63) is 52.0 Å². The Morgan fingerprint density at radius 3 is 2.65 bits per heavy atom. The van der Waals surface area contributed by atoms with E-state index >= 15 is 0 Å². The molecule has 0 aliphatic rings. The molecule has 2 aromatic carbocycles. The molecule has 0 aromatic heterocycles.